The topological polar surface area (TPSA) is 72.0 Å². The van der Waals surface area contributed by atoms with Crippen LogP contribution in [0, 0.1) is 12.3 Å². The summed E-state index contributed by atoms with van der Waals surface area (Å²) in [5, 5.41) is 8.37. The largest absolute Gasteiger partial charge is 0.437 e. The molecule has 19 heavy (non-hydrogen) atoms. The first-order chi connectivity index (χ1) is 8.95. The Labute approximate surface area is 120 Å². The van der Waals surface area contributed by atoms with E-state index >= 15 is 0 Å². The van der Waals surface area contributed by atoms with Crippen molar-refractivity contribution in [2.24, 2.45) is 5.73 Å². The van der Waals surface area contributed by atoms with Crippen molar-refractivity contribution >= 4 is 29.0 Å². The van der Waals surface area contributed by atoms with Gasteiger partial charge in [0.2, 0.25) is 5.88 Å². The fraction of sp³-hybridized carbons (Fsp3) is 0.0769. The van der Waals surface area contributed by atoms with Gasteiger partial charge < -0.3 is 10.5 Å². The van der Waals surface area contributed by atoms with Gasteiger partial charge in [-0.3, -0.25) is 5.41 Å². The fourth-order valence-electron chi connectivity index (χ4n) is 1.51. The fourth-order valence-corrected chi connectivity index (χ4v) is 1.83. The number of ether oxygens (including phenoxy) is 1. The summed E-state index contributed by atoms with van der Waals surface area (Å²) in [7, 11) is 0. The molecule has 0 atom stereocenters. The van der Waals surface area contributed by atoms with Gasteiger partial charge in [0.1, 0.15) is 11.6 Å². The number of hydrogen-bond acceptors (Lipinski definition) is 3. The van der Waals surface area contributed by atoms with E-state index in [9.17, 15) is 0 Å². The Morgan fingerprint density at radius 1 is 1.26 bits per heavy atom. The maximum Gasteiger partial charge on any atom is 0.220 e. The van der Waals surface area contributed by atoms with Gasteiger partial charge in [0.15, 0.2) is 0 Å². The normalized spacial score (nSPS) is 10.3. The zero-order valence-electron chi connectivity index (χ0n) is 10.1. The molecule has 0 saturated carbocycles. The monoisotopic (exact) mass is 295 g/mol. The van der Waals surface area contributed by atoms with E-state index in [4.69, 9.17) is 39.1 Å². The van der Waals surface area contributed by atoms with E-state index in [1.807, 2.05) is 0 Å². The molecule has 1 aromatic heterocycles. The average Bonchev–Trinajstić information content (AvgIpc) is 2.33. The number of halogens is 2. The SMILES string of the molecule is Cc1cc(C(=N)N)cc(Oc2cc(Cl)ccc2Cl)n1. The number of nitrogen functional groups attached to an aromatic ring is 1. The summed E-state index contributed by atoms with van der Waals surface area (Å²) in [5.74, 6) is 0.670. The van der Waals surface area contributed by atoms with Crippen LogP contribution in [0.1, 0.15) is 11.3 Å². The van der Waals surface area contributed by atoms with E-state index in [1.54, 1.807) is 37.3 Å². The Morgan fingerprint density at radius 2 is 2.00 bits per heavy atom. The van der Waals surface area contributed by atoms with Crippen LogP contribution < -0.4 is 10.5 Å². The van der Waals surface area contributed by atoms with Gasteiger partial charge in [-0.2, -0.15) is 0 Å². The van der Waals surface area contributed by atoms with Crippen LogP contribution in [0.3, 0.4) is 0 Å². The van der Waals surface area contributed by atoms with E-state index in [0.29, 0.717) is 32.9 Å². The molecule has 0 bridgehead atoms. The lowest BCUT2D eigenvalue weighted by molar-refractivity contribution is 0.462. The first-order valence-corrected chi connectivity index (χ1v) is 6.17. The summed E-state index contributed by atoms with van der Waals surface area (Å²) < 4.78 is 5.58. The van der Waals surface area contributed by atoms with Gasteiger partial charge >= 0.3 is 0 Å². The van der Waals surface area contributed by atoms with Crippen LogP contribution in [-0.2, 0) is 0 Å². The number of nitrogens with two attached hydrogens (primary N) is 1. The number of hydrogen-bond donors (Lipinski definition) is 2. The third kappa shape index (κ3) is 3.36. The van der Waals surface area contributed by atoms with E-state index in [1.165, 1.54) is 0 Å². The predicted octanol–water partition coefficient (Wildman–Crippen LogP) is 3.77. The van der Waals surface area contributed by atoms with Crippen molar-refractivity contribution in [3.05, 3.63) is 51.6 Å². The second-order valence-electron chi connectivity index (χ2n) is 3.93. The number of pyridine rings is 1. The van der Waals surface area contributed by atoms with Gasteiger partial charge in [-0.05, 0) is 25.1 Å². The molecule has 3 N–H and O–H groups in total. The first-order valence-electron chi connectivity index (χ1n) is 5.41. The van der Waals surface area contributed by atoms with Gasteiger partial charge in [-0.25, -0.2) is 4.98 Å². The second kappa shape index (κ2) is 5.47. The van der Waals surface area contributed by atoms with Gasteiger partial charge in [0, 0.05) is 28.4 Å². The Morgan fingerprint density at radius 3 is 2.68 bits per heavy atom. The Balaban J connectivity index is 2.38. The number of aryl methyl sites for hydroxylation is 1. The third-order valence-corrected chi connectivity index (χ3v) is 2.90. The Bertz CT molecular complexity index is 644. The smallest absolute Gasteiger partial charge is 0.220 e. The van der Waals surface area contributed by atoms with E-state index in [0.717, 1.165) is 0 Å². The molecule has 1 aromatic carbocycles. The highest BCUT2D eigenvalue weighted by Gasteiger charge is 2.08. The van der Waals surface area contributed by atoms with Crippen molar-refractivity contribution in [1.29, 1.82) is 5.41 Å². The van der Waals surface area contributed by atoms with E-state index in [2.05, 4.69) is 4.98 Å². The molecule has 0 fully saturated rings. The molecule has 0 aliphatic carbocycles. The number of amidine groups is 1. The predicted molar refractivity (Wildman–Crippen MR) is 76.5 cm³/mol. The molecule has 98 valence electrons. The quantitative estimate of drug-likeness (QED) is 0.669. The summed E-state index contributed by atoms with van der Waals surface area (Å²) >= 11 is 11.9. The van der Waals surface area contributed by atoms with Crippen LogP contribution in [-0.4, -0.2) is 10.8 Å². The Hall–Kier alpha value is -1.78. The molecular weight excluding hydrogens is 285 g/mol. The van der Waals surface area contributed by atoms with Crippen LogP contribution in [0.15, 0.2) is 30.3 Å². The lowest BCUT2D eigenvalue weighted by atomic mass is 10.2. The summed E-state index contributed by atoms with van der Waals surface area (Å²) in [5.41, 5.74) is 6.69. The summed E-state index contributed by atoms with van der Waals surface area (Å²) in [6, 6.07) is 8.19. The summed E-state index contributed by atoms with van der Waals surface area (Å²) in [6.45, 7) is 1.79. The lowest BCUT2D eigenvalue weighted by Crippen LogP contribution is -2.11. The summed E-state index contributed by atoms with van der Waals surface area (Å²) in [4.78, 5) is 4.21. The van der Waals surface area contributed by atoms with Crippen molar-refractivity contribution in [2.45, 2.75) is 6.92 Å². The van der Waals surface area contributed by atoms with Crippen molar-refractivity contribution < 1.29 is 4.74 Å². The van der Waals surface area contributed by atoms with Crippen LogP contribution in [0.5, 0.6) is 11.6 Å². The third-order valence-electron chi connectivity index (χ3n) is 2.35. The van der Waals surface area contributed by atoms with Gasteiger partial charge in [0.05, 0.1) is 5.02 Å². The molecule has 0 saturated heterocycles. The van der Waals surface area contributed by atoms with Crippen molar-refractivity contribution in [3.8, 4) is 11.6 Å². The lowest BCUT2D eigenvalue weighted by Gasteiger charge is -2.09. The highest BCUT2D eigenvalue weighted by atomic mass is 35.5. The molecule has 2 aromatic rings. The Kier molecular flexibility index (Phi) is 3.93. The van der Waals surface area contributed by atoms with Crippen LogP contribution in [0.25, 0.3) is 0 Å². The zero-order chi connectivity index (χ0) is 14.0. The highest BCUT2D eigenvalue weighted by molar-refractivity contribution is 6.34. The molecule has 0 aliphatic heterocycles. The second-order valence-corrected chi connectivity index (χ2v) is 4.77. The van der Waals surface area contributed by atoms with Crippen LogP contribution in [0.4, 0.5) is 0 Å². The minimum Gasteiger partial charge on any atom is -0.437 e. The molecule has 0 amide bonds. The zero-order valence-corrected chi connectivity index (χ0v) is 11.6. The molecular formula is C13H11Cl2N3O. The maximum atomic E-state index is 7.43. The molecule has 6 heteroatoms. The molecule has 0 aliphatic rings. The molecule has 0 spiro atoms. The standard InChI is InChI=1S/C13H11Cl2N3O/c1-7-4-8(13(16)17)5-12(18-7)19-11-6-9(14)2-3-10(11)15/h2-6H,1H3,(H3,16,17). The van der Waals surface area contributed by atoms with Crippen LogP contribution >= 0.6 is 23.2 Å². The minimum absolute atomic E-state index is 0.0486. The molecule has 4 nitrogen and oxygen atoms in total. The molecule has 0 radical (unpaired) electrons. The van der Waals surface area contributed by atoms with Gasteiger partial charge in [0.25, 0.3) is 0 Å². The maximum absolute atomic E-state index is 7.43. The van der Waals surface area contributed by atoms with Crippen molar-refractivity contribution in [3.63, 3.8) is 0 Å². The molecule has 0 unspecified atom stereocenters. The number of rotatable bonds is 3. The molecule has 2 rings (SSSR count). The molecule has 1 heterocycles. The average molecular weight is 296 g/mol. The minimum atomic E-state index is -0.0486. The summed E-state index contributed by atoms with van der Waals surface area (Å²) in [6.07, 6.45) is 0. The van der Waals surface area contributed by atoms with Crippen LogP contribution in [0.2, 0.25) is 10.0 Å². The number of aromatic nitrogens is 1. The van der Waals surface area contributed by atoms with E-state index < -0.39 is 0 Å². The number of nitrogens with zero attached hydrogens (tertiary/aromatic N) is 1. The number of nitrogens with one attached hydrogen (secondary N) is 1. The van der Waals surface area contributed by atoms with Gasteiger partial charge in [-0.1, -0.05) is 23.2 Å². The highest BCUT2D eigenvalue weighted by Crippen LogP contribution is 2.31. The first kappa shape index (κ1) is 13.6. The van der Waals surface area contributed by atoms with Gasteiger partial charge in [-0.15, -0.1) is 0 Å². The van der Waals surface area contributed by atoms with Crippen molar-refractivity contribution in [1.82, 2.24) is 4.98 Å². The van der Waals surface area contributed by atoms with E-state index in [-0.39, 0.29) is 5.84 Å². The van der Waals surface area contributed by atoms with Crippen molar-refractivity contribution in [2.75, 3.05) is 0 Å². The number of benzene rings is 1.